The van der Waals surface area contributed by atoms with E-state index in [1.807, 2.05) is 93.3 Å². The molecule has 0 radical (unpaired) electrons. The maximum atomic E-state index is 13.2. The third kappa shape index (κ3) is 10.6. The molecule has 2 aliphatic heterocycles. The molecule has 0 spiro atoms. The molecule has 62 heavy (non-hydrogen) atoms. The van der Waals surface area contributed by atoms with Crippen molar-refractivity contribution in [3.8, 4) is 22.8 Å². The number of hydrogen-bond acceptors (Lipinski definition) is 13. The van der Waals surface area contributed by atoms with E-state index in [9.17, 15) is 14.4 Å². The van der Waals surface area contributed by atoms with Crippen LogP contribution in [0, 0.1) is 0 Å². The Labute approximate surface area is 363 Å². The van der Waals surface area contributed by atoms with Gasteiger partial charge in [-0.25, -0.2) is 14.6 Å². The quantitative estimate of drug-likeness (QED) is 0.0532. The Kier molecular flexibility index (Phi) is 14.4. The van der Waals surface area contributed by atoms with Crippen LogP contribution in [-0.2, 0) is 33.3 Å². The molecule has 17 heteroatoms. The smallest absolute Gasteiger partial charge is 0.249 e. The lowest BCUT2D eigenvalue weighted by Crippen LogP contribution is -2.42. The van der Waals surface area contributed by atoms with Crippen LogP contribution >= 0.6 is 11.8 Å². The molecule has 6 aromatic rings. The van der Waals surface area contributed by atoms with Crippen LogP contribution in [0.4, 0.5) is 5.82 Å². The number of nitrogens with one attached hydrogen (secondary N) is 1. The van der Waals surface area contributed by atoms with Crippen LogP contribution in [0.15, 0.2) is 96.4 Å². The molecule has 0 bridgehead atoms. The maximum absolute atomic E-state index is 13.2. The Morgan fingerprint density at radius 1 is 0.823 bits per heavy atom. The third-order valence-corrected chi connectivity index (χ3v) is 11.8. The lowest BCUT2D eigenvalue weighted by Gasteiger charge is -2.33. The Morgan fingerprint density at radius 2 is 1.56 bits per heavy atom. The van der Waals surface area contributed by atoms with Crippen LogP contribution in [-0.4, -0.2) is 119 Å². The number of rotatable bonds is 20. The van der Waals surface area contributed by atoms with Gasteiger partial charge in [-0.05, 0) is 61.7 Å². The highest BCUT2D eigenvalue weighted by Gasteiger charge is 2.30. The van der Waals surface area contributed by atoms with E-state index in [0.29, 0.717) is 93.9 Å². The number of aromatic nitrogens is 5. The van der Waals surface area contributed by atoms with Gasteiger partial charge in [0.1, 0.15) is 42.0 Å². The Morgan fingerprint density at radius 3 is 2.34 bits per heavy atom. The predicted octanol–water partition coefficient (Wildman–Crippen LogP) is 5.82. The highest BCUT2D eigenvalue weighted by Crippen LogP contribution is 2.35. The summed E-state index contributed by atoms with van der Waals surface area (Å²) in [6.07, 6.45) is 7.89. The predicted molar refractivity (Wildman–Crippen MR) is 234 cm³/mol. The fraction of sp³-hybridized carbons (Fsp3) is 0.378. The van der Waals surface area contributed by atoms with E-state index < -0.39 is 0 Å². The molecule has 324 valence electrons. The van der Waals surface area contributed by atoms with E-state index in [2.05, 4.69) is 21.4 Å². The van der Waals surface area contributed by atoms with Gasteiger partial charge in [0.2, 0.25) is 17.7 Å². The molecule has 3 N–H and O–H groups in total. The summed E-state index contributed by atoms with van der Waals surface area (Å²) in [5, 5.41) is 10.2. The zero-order chi connectivity index (χ0) is 42.7. The topological polar surface area (TPSA) is 187 Å². The highest BCUT2D eigenvalue weighted by atomic mass is 32.2. The number of carbonyl (C=O) groups is 3. The molecular weight excluding hydrogens is 813 g/mol. The minimum Gasteiger partial charge on any atom is -0.457 e. The summed E-state index contributed by atoms with van der Waals surface area (Å²) in [4.78, 5) is 48.9. The van der Waals surface area contributed by atoms with E-state index in [1.165, 1.54) is 6.33 Å². The molecule has 1 unspecified atom stereocenters. The molecule has 2 aliphatic rings. The van der Waals surface area contributed by atoms with Crippen molar-refractivity contribution in [3.05, 3.63) is 91.5 Å². The van der Waals surface area contributed by atoms with Gasteiger partial charge in [0.15, 0.2) is 5.65 Å². The first-order valence-electron chi connectivity index (χ1n) is 20.9. The van der Waals surface area contributed by atoms with Crippen LogP contribution in [0.1, 0.15) is 37.8 Å². The molecule has 2 atom stereocenters. The molecule has 16 nitrogen and oxygen atoms in total. The first kappa shape index (κ1) is 42.8. The Bertz CT molecular complexity index is 2460. The van der Waals surface area contributed by atoms with Crippen LogP contribution in [0.25, 0.3) is 33.1 Å². The zero-order valence-corrected chi connectivity index (χ0v) is 35.2. The lowest BCUT2D eigenvalue weighted by atomic mass is 10.1. The fourth-order valence-electron chi connectivity index (χ4n) is 7.69. The van der Waals surface area contributed by atoms with Crippen molar-refractivity contribution in [1.29, 1.82) is 0 Å². The first-order chi connectivity index (χ1) is 30.4. The number of benzene rings is 3. The van der Waals surface area contributed by atoms with E-state index in [0.717, 1.165) is 45.6 Å². The number of hydrogen-bond donors (Lipinski definition) is 2. The summed E-state index contributed by atoms with van der Waals surface area (Å²) in [5.74, 6) is 2.00. The van der Waals surface area contributed by atoms with Gasteiger partial charge in [-0.3, -0.25) is 19.7 Å². The second kappa shape index (κ2) is 20.8. The lowest BCUT2D eigenvalue weighted by molar-refractivity contribution is -0.138. The summed E-state index contributed by atoms with van der Waals surface area (Å²) in [6.45, 7) is 4.03. The number of amides is 3. The van der Waals surface area contributed by atoms with Gasteiger partial charge in [0, 0.05) is 58.9 Å². The molecule has 2 saturated heterocycles. The molecule has 3 amide bonds. The Hall–Kier alpha value is -5.85. The summed E-state index contributed by atoms with van der Waals surface area (Å²) >= 11 is 1.70. The molecule has 8 rings (SSSR count). The van der Waals surface area contributed by atoms with Crippen LogP contribution in [0.5, 0.6) is 11.5 Å². The summed E-state index contributed by atoms with van der Waals surface area (Å²) in [7, 11) is 0. The number of para-hydroxylation sites is 1. The minimum atomic E-state index is -0.376. The van der Waals surface area contributed by atoms with Crippen molar-refractivity contribution in [1.82, 2.24) is 34.5 Å². The van der Waals surface area contributed by atoms with Crippen molar-refractivity contribution < 1.29 is 38.1 Å². The number of anilines is 1. The average Bonchev–Trinajstić information content (AvgIpc) is 3.91. The summed E-state index contributed by atoms with van der Waals surface area (Å²) in [5.41, 5.74) is 8.54. The molecule has 3 aromatic carbocycles. The average molecular weight is 863 g/mol. The number of thioether (sulfide) groups is 1. The minimum absolute atomic E-state index is 0.0376. The third-order valence-electron chi connectivity index (χ3n) is 10.8. The maximum Gasteiger partial charge on any atom is 0.249 e. The van der Waals surface area contributed by atoms with E-state index in [-0.39, 0.29) is 43.0 Å². The monoisotopic (exact) mass is 862 g/mol. The van der Waals surface area contributed by atoms with Gasteiger partial charge in [-0.15, -0.1) is 11.8 Å². The first-order valence-corrected chi connectivity index (χ1v) is 21.9. The number of ether oxygens (including phenoxy) is 5. The van der Waals surface area contributed by atoms with Gasteiger partial charge in [-0.1, -0.05) is 30.3 Å². The molecule has 0 aliphatic carbocycles. The molecular formula is C45H50N8O8S. The molecule has 3 aromatic heterocycles. The van der Waals surface area contributed by atoms with Crippen molar-refractivity contribution in [2.45, 2.75) is 42.7 Å². The second-order valence-corrected chi connectivity index (χ2v) is 16.1. The van der Waals surface area contributed by atoms with E-state index in [1.54, 1.807) is 11.8 Å². The number of imide groups is 1. The van der Waals surface area contributed by atoms with E-state index >= 15 is 0 Å². The standard InChI is InChI=1S/C45H50N8O8S/c46-43-41-42(31-11-13-35(14-12-31)61-34-8-2-1-3-9-34)50-53(44(41)48-30-47-43)33-7-5-17-51(27-33)40(55)29-60-23-22-58-19-18-57-20-21-59-24-25-62-38-10-4-6-32-26-52(28-36(32)38)37-15-16-39(54)49-45(37)56/h1-4,6,8-14,26,28,30,33,37H,5,7,15-25,27,29H2,(H2,46,47,48)(H,49,54,56)/t33-,37?/m1/s1. The summed E-state index contributed by atoms with van der Waals surface area (Å²) in [6, 6.07) is 22.9. The fourth-order valence-corrected chi connectivity index (χ4v) is 8.61. The van der Waals surface area contributed by atoms with Gasteiger partial charge in [0.05, 0.1) is 57.7 Å². The van der Waals surface area contributed by atoms with Gasteiger partial charge in [-0.2, -0.15) is 5.10 Å². The SMILES string of the molecule is Nc1ncnc2c1c(-c1ccc(Oc3ccccc3)cc1)nn2[C@@H]1CCCN(C(=O)COCCOCCOCCOCCSc2cccc3cn(C4CCC(=O)NC4=O)cc23)C1. The van der Waals surface area contributed by atoms with Gasteiger partial charge >= 0.3 is 0 Å². The number of nitrogens with two attached hydrogens (primary N) is 1. The number of nitrogen functional groups attached to an aromatic ring is 1. The normalized spacial score (nSPS) is 16.9. The van der Waals surface area contributed by atoms with Gasteiger partial charge in [0.25, 0.3) is 0 Å². The van der Waals surface area contributed by atoms with Crippen LogP contribution in [0.2, 0.25) is 0 Å². The van der Waals surface area contributed by atoms with Gasteiger partial charge < -0.3 is 38.9 Å². The van der Waals surface area contributed by atoms with Crippen molar-refractivity contribution in [2.75, 3.05) is 77.4 Å². The van der Waals surface area contributed by atoms with Crippen molar-refractivity contribution in [3.63, 3.8) is 0 Å². The van der Waals surface area contributed by atoms with Crippen LogP contribution in [0.3, 0.4) is 0 Å². The second-order valence-electron chi connectivity index (χ2n) is 15.0. The Balaban J connectivity index is 0.700. The van der Waals surface area contributed by atoms with Crippen LogP contribution < -0.4 is 15.8 Å². The number of piperidine rings is 2. The largest absolute Gasteiger partial charge is 0.457 e. The number of likely N-dealkylation sites (tertiary alicyclic amines) is 1. The number of fused-ring (bicyclic) bond motifs is 2. The molecule has 5 heterocycles. The highest BCUT2D eigenvalue weighted by molar-refractivity contribution is 7.99. The van der Waals surface area contributed by atoms with Crippen molar-refractivity contribution >= 4 is 57.1 Å². The van der Waals surface area contributed by atoms with E-state index in [4.69, 9.17) is 34.5 Å². The number of carbonyl (C=O) groups excluding carboxylic acids is 3. The molecule has 2 fully saturated rings. The van der Waals surface area contributed by atoms with Crippen molar-refractivity contribution in [2.24, 2.45) is 0 Å². The molecule has 0 saturated carbocycles. The summed E-state index contributed by atoms with van der Waals surface area (Å²) < 4.78 is 32.5. The zero-order valence-electron chi connectivity index (χ0n) is 34.4. The number of nitrogens with zero attached hydrogens (tertiary/aromatic N) is 6.